The Morgan fingerprint density at radius 1 is 1.32 bits per heavy atom. The molecule has 0 saturated carbocycles. The topological polar surface area (TPSA) is 49.8 Å². The van der Waals surface area contributed by atoms with Gasteiger partial charge in [-0.05, 0) is 27.2 Å². The minimum absolute atomic E-state index is 0.0607. The van der Waals surface area contributed by atoms with Gasteiger partial charge in [0, 0.05) is 18.2 Å². The van der Waals surface area contributed by atoms with Crippen molar-refractivity contribution in [2.45, 2.75) is 52.4 Å². The highest BCUT2D eigenvalue weighted by molar-refractivity contribution is 5.68. The number of amides is 1. The van der Waals surface area contributed by atoms with Gasteiger partial charge < -0.3 is 14.7 Å². The lowest BCUT2D eigenvalue weighted by atomic mass is 10.0. The van der Waals surface area contributed by atoms with Gasteiger partial charge in [-0.15, -0.1) is 0 Å². The number of aliphatic hydroxyl groups excluding tert-OH is 1. The summed E-state index contributed by atoms with van der Waals surface area (Å²) >= 11 is 0. The van der Waals surface area contributed by atoms with Gasteiger partial charge in [-0.25, -0.2) is 13.6 Å². The number of ether oxygens (including phenoxy) is 1. The van der Waals surface area contributed by atoms with Crippen LogP contribution in [0, 0.1) is 11.6 Å². The zero-order chi connectivity index (χ0) is 17.1. The maximum absolute atomic E-state index is 14.2. The summed E-state index contributed by atoms with van der Waals surface area (Å²) in [5.41, 5.74) is -0.727. The zero-order valence-corrected chi connectivity index (χ0v) is 13.6. The van der Waals surface area contributed by atoms with E-state index in [1.165, 1.54) is 24.1 Å². The largest absolute Gasteiger partial charge is 0.444 e. The highest BCUT2D eigenvalue weighted by Gasteiger charge is 2.28. The molecule has 22 heavy (non-hydrogen) atoms. The van der Waals surface area contributed by atoms with Crippen LogP contribution in [0.25, 0.3) is 0 Å². The summed E-state index contributed by atoms with van der Waals surface area (Å²) in [7, 11) is 1.49. The highest BCUT2D eigenvalue weighted by atomic mass is 19.2. The maximum Gasteiger partial charge on any atom is 0.410 e. The fourth-order valence-electron chi connectivity index (χ4n) is 2.15. The molecular formula is C16H23F2NO3. The Kier molecular flexibility index (Phi) is 5.88. The van der Waals surface area contributed by atoms with Gasteiger partial charge in [0.05, 0.1) is 12.6 Å². The first kappa shape index (κ1) is 18.4. The number of aliphatic hydroxyl groups is 1. The molecule has 1 amide bonds. The van der Waals surface area contributed by atoms with Crippen LogP contribution in [0.1, 0.15) is 51.3 Å². The molecule has 1 atom stereocenters. The molecule has 0 aliphatic carbocycles. The zero-order valence-electron chi connectivity index (χ0n) is 13.6. The van der Waals surface area contributed by atoms with Gasteiger partial charge in [-0.3, -0.25) is 0 Å². The first-order valence-corrected chi connectivity index (χ1v) is 7.15. The number of nitrogens with zero attached hydrogens (tertiary/aromatic N) is 1. The molecule has 1 unspecified atom stereocenters. The first-order valence-electron chi connectivity index (χ1n) is 7.15. The monoisotopic (exact) mass is 315 g/mol. The number of hydrogen-bond donors (Lipinski definition) is 1. The van der Waals surface area contributed by atoms with Crippen molar-refractivity contribution in [2.24, 2.45) is 0 Å². The average molecular weight is 315 g/mol. The van der Waals surface area contributed by atoms with Crippen LogP contribution in [-0.4, -0.2) is 28.7 Å². The Balaban J connectivity index is 3.11. The molecule has 0 bridgehead atoms. The summed E-state index contributed by atoms with van der Waals surface area (Å²) in [5, 5.41) is 8.96. The fourth-order valence-corrected chi connectivity index (χ4v) is 2.15. The number of benzene rings is 1. The lowest BCUT2D eigenvalue weighted by molar-refractivity contribution is 0.0212. The Morgan fingerprint density at radius 2 is 1.91 bits per heavy atom. The second-order valence-corrected chi connectivity index (χ2v) is 6.12. The van der Waals surface area contributed by atoms with Crippen LogP contribution in [0.2, 0.25) is 0 Å². The van der Waals surface area contributed by atoms with E-state index in [1.807, 2.05) is 0 Å². The van der Waals surface area contributed by atoms with E-state index in [4.69, 9.17) is 9.84 Å². The molecule has 0 fully saturated rings. The average Bonchev–Trinajstić information content (AvgIpc) is 2.42. The molecule has 0 saturated heterocycles. The third-order valence-corrected chi connectivity index (χ3v) is 3.26. The molecule has 6 heteroatoms. The second kappa shape index (κ2) is 7.05. The summed E-state index contributed by atoms with van der Waals surface area (Å²) in [6.07, 6.45) is -0.213. The van der Waals surface area contributed by atoms with Crippen molar-refractivity contribution in [1.82, 2.24) is 4.90 Å². The number of halogens is 2. The van der Waals surface area contributed by atoms with Crippen LogP contribution in [0.4, 0.5) is 13.6 Å². The second-order valence-electron chi connectivity index (χ2n) is 6.12. The van der Waals surface area contributed by atoms with E-state index >= 15 is 0 Å². The van der Waals surface area contributed by atoms with E-state index < -0.39 is 36.0 Å². The van der Waals surface area contributed by atoms with E-state index in [0.717, 1.165) is 0 Å². The molecule has 124 valence electrons. The third kappa shape index (κ3) is 4.16. The molecule has 1 aromatic carbocycles. The molecule has 0 aliphatic rings. The van der Waals surface area contributed by atoms with Crippen molar-refractivity contribution in [3.8, 4) is 0 Å². The highest BCUT2D eigenvalue weighted by Crippen LogP contribution is 2.29. The van der Waals surface area contributed by atoms with Crippen molar-refractivity contribution in [3.05, 3.63) is 34.9 Å². The molecule has 0 aliphatic heterocycles. The van der Waals surface area contributed by atoms with Crippen molar-refractivity contribution >= 4 is 6.09 Å². The SMILES string of the molecule is CCC(c1ccc(CO)c(F)c1F)N(C)C(=O)OC(C)(C)C. The van der Waals surface area contributed by atoms with E-state index in [2.05, 4.69) is 0 Å². The van der Waals surface area contributed by atoms with Crippen LogP contribution in [0.3, 0.4) is 0 Å². The fraction of sp³-hybridized carbons (Fsp3) is 0.562. The summed E-state index contributed by atoms with van der Waals surface area (Å²) in [5.74, 6) is -2.13. The van der Waals surface area contributed by atoms with Gasteiger partial charge in [0.1, 0.15) is 5.60 Å². The van der Waals surface area contributed by atoms with Crippen LogP contribution in [0.5, 0.6) is 0 Å². The Bertz CT molecular complexity index is 541. The standard InChI is InChI=1S/C16H23F2NO3/c1-6-12(19(5)15(21)22-16(2,3)4)11-8-7-10(9-20)13(17)14(11)18/h7-8,12,20H,6,9H2,1-5H3. The van der Waals surface area contributed by atoms with Gasteiger partial charge in [-0.1, -0.05) is 19.1 Å². The number of rotatable bonds is 4. The van der Waals surface area contributed by atoms with E-state index in [1.54, 1.807) is 27.7 Å². The third-order valence-electron chi connectivity index (χ3n) is 3.26. The molecule has 1 rings (SSSR count). The van der Waals surface area contributed by atoms with Gasteiger partial charge in [0.15, 0.2) is 11.6 Å². The Morgan fingerprint density at radius 3 is 2.36 bits per heavy atom. The number of carbonyl (C=O) groups is 1. The molecule has 0 heterocycles. The summed E-state index contributed by atoms with van der Waals surface area (Å²) in [4.78, 5) is 13.4. The normalized spacial score (nSPS) is 12.9. The number of carbonyl (C=O) groups excluding carboxylic acids is 1. The predicted octanol–water partition coefficient (Wildman–Crippen LogP) is 3.78. The van der Waals surface area contributed by atoms with Crippen LogP contribution in [0.15, 0.2) is 12.1 Å². The van der Waals surface area contributed by atoms with Gasteiger partial charge in [-0.2, -0.15) is 0 Å². The molecule has 1 aromatic rings. The van der Waals surface area contributed by atoms with Crippen LogP contribution < -0.4 is 0 Å². The van der Waals surface area contributed by atoms with Crippen LogP contribution in [-0.2, 0) is 11.3 Å². The van der Waals surface area contributed by atoms with E-state index in [-0.39, 0.29) is 11.1 Å². The van der Waals surface area contributed by atoms with Crippen LogP contribution >= 0.6 is 0 Å². The van der Waals surface area contributed by atoms with Crippen molar-refractivity contribution in [1.29, 1.82) is 0 Å². The minimum atomic E-state index is -1.09. The van der Waals surface area contributed by atoms with Crippen molar-refractivity contribution < 1.29 is 23.4 Å². The van der Waals surface area contributed by atoms with Crippen molar-refractivity contribution in [3.63, 3.8) is 0 Å². The summed E-state index contributed by atoms with van der Waals surface area (Å²) in [6, 6.07) is 2.05. The van der Waals surface area contributed by atoms with E-state index in [0.29, 0.717) is 6.42 Å². The lowest BCUT2D eigenvalue weighted by Gasteiger charge is -2.30. The summed E-state index contributed by atoms with van der Waals surface area (Å²) in [6.45, 7) is 6.38. The maximum atomic E-state index is 14.2. The minimum Gasteiger partial charge on any atom is -0.444 e. The molecule has 0 aromatic heterocycles. The van der Waals surface area contributed by atoms with E-state index in [9.17, 15) is 13.6 Å². The number of hydrogen-bond acceptors (Lipinski definition) is 3. The quantitative estimate of drug-likeness (QED) is 0.920. The molecule has 1 N–H and O–H groups in total. The first-order chi connectivity index (χ1) is 10.1. The van der Waals surface area contributed by atoms with Gasteiger partial charge >= 0.3 is 6.09 Å². The lowest BCUT2D eigenvalue weighted by Crippen LogP contribution is -2.36. The van der Waals surface area contributed by atoms with Gasteiger partial charge in [0.2, 0.25) is 0 Å². The molecular weight excluding hydrogens is 292 g/mol. The Labute approximate surface area is 129 Å². The molecule has 0 radical (unpaired) electrons. The predicted molar refractivity (Wildman–Crippen MR) is 79.3 cm³/mol. The van der Waals surface area contributed by atoms with Gasteiger partial charge in [0.25, 0.3) is 0 Å². The summed E-state index contributed by atoms with van der Waals surface area (Å²) < 4.78 is 33.3. The smallest absolute Gasteiger partial charge is 0.410 e. The molecule has 4 nitrogen and oxygen atoms in total. The van der Waals surface area contributed by atoms with Crippen molar-refractivity contribution in [2.75, 3.05) is 7.05 Å². The Hall–Kier alpha value is -1.69. The molecule has 0 spiro atoms.